The summed E-state index contributed by atoms with van der Waals surface area (Å²) < 4.78 is 31.4. The number of oxazole rings is 2. The van der Waals surface area contributed by atoms with Crippen LogP contribution in [-0.2, 0) is 33.0 Å². The fourth-order valence-corrected chi connectivity index (χ4v) is 5.30. The van der Waals surface area contributed by atoms with E-state index in [1.165, 1.54) is 0 Å². The van der Waals surface area contributed by atoms with Crippen LogP contribution in [0, 0.1) is 13.8 Å². The van der Waals surface area contributed by atoms with Gasteiger partial charge in [0.15, 0.2) is 0 Å². The summed E-state index contributed by atoms with van der Waals surface area (Å²) in [4.78, 5) is 9.21. The van der Waals surface area contributed by atoms with Crippen molar-refractivity contribution in [2.45, 2.75) is 46.8 Å². The topological polar surface area (TPSA) is 118 Å². The van der Waals surface area contributed by atoms with Gasteiger partial charge in [0.05, 0.1) is 18.7 Å². The predicted molar refractivity (Wildman–Crippen MR) is 186 cm³/mol. The zero-order valence-electron chi connectivity index (χ0n) is 27.8. The molecule has 10 nitrogen and oxygen atoms in total. The van der Waals surface area contributed by atoms with E-state index in [0.717, 1.165) is 50.9 Å². The van der Waals surface area contributed by atoms with Crippen LogP contribution < -0.4 is 14.2 Å². The van der Waals surface area contributed by atoms with Gasteiger partial charge in [0.25, 0.3) is 0 Å². The lowest BCUT2D eigenvalue weighted by atomic mass is 10.2. The van der Waals surface area contributed by atoms with Crippen molar-refractivity contribution in [3.8, 4) is 40.3 Å². The van der Waals surface area contributed by atoms with Gasteiger partial charge in [-0.15, -0.1) is 5.10 Å². The number of aryl methyl sites for hydroxylation is 2. The maximum atomic E-state index is 9.96. The number of hydrogen-bond donors (Lipinski definition) is 1. The van der Waals surface area contributed by atoms with Crippen LogP contribution in [-0.4, -0.2) is 24.9 Å². The molecule has 0 saturated carbocycles. The largest absolute Gasteiger partial charge is 0.487 e. The Morgan fingerprint density at radius 3 is 1.60 bits per heavy atom. The monoisotopic (exact) mass is 668 g/mol. The van der Waals surface area contributed by atoms with E-state index in [2.05, 4.69) is 15.1 Å². The van der Waals surface area contributed by atoms with Gasteiger partial charge in [-0.2, -0.15) is 0 Å². The minimum Gasteiger partial charge on any atom is -0.487 e. The van der Waals surface area contributed by atoms with E-state index in [9.17, 15) is 5.11 Å². The van der Waals surface area contributed by atoms with Crippen LogP contribution in [0.25, 0.3) is 22.9 Å². The number of rotatable bonds is 14. The highest BCUT2D eigenvalue weighted by Gasteiger charge is 2.14. The molecule has 252 valence electrons. The van der Waals surface area contributed by atoms with Gasteiger partial charge >= 0.3 is 0 Å². The van der Waals surface area contributed by atoms with Crippen molar-refractivity contribution in [1.29, 1.82) is 0 Å². The van der Waals surface area contributed by atoms with Gasteiger partial charge in [0, 0.05) is 17.3 Å². The summed E-state index contributed by atoms with van der Waals surface area (Å²) in [6, 6.07) is 35.0. The minimum absolute atomic E-state index is 0.185. The fourth-order valence-electron chi connectivity index (χ4n) is 5.30. The SMILES string of the molecule is Cc1oc(-c2ccccc2)nc1COc1ccc(COc2nn(Cc3ccc(OCc4nc(-c5ccccc5)oc4C)cc3)cc2CO)cc1. The molecule has 7 rings (SSSR count). The molecular weight excluding hydrogens is 632 g/mol. The van der Waals surface area contributed by atoms with Crippen LogP contribution in [0.2, 0.25) is 0 Å². The fraction of sp³-hybridized carbons (Fsp3) is 0.175. The Balaban J connectivity index is 0.899. The molecule has 3 heterocycles. The molecule has 0 radical (unpaired) electrons. The van der Waals surface area contributed by atoms with Crippen LogP contribution in [0.1, 0.15) is 39.6 Å². The molecule has 4 aromatic carbocycles. The number of benzene rings is 4. The molecule has 0 fully saturated rings. The van der Waals surface area contributed by atoms with Crippen LogP contribution in [0.4, 0.5) is 0 Å². The Morgan fingerprint density at radius 2 is 1.10 bits per heavy atom. The highest BCUT2D eigenvalue weighted by molar-refractivity contribution is 5.54. The van der Waals surface area contributed by atoms with Gasteiger partial charge in [0.1, 0.15) is 54.2 Å². The second kappa shape index (κ2) is 15.0. The molecule has 10 heteroatoms. The summed E-state index contributed by atoms with van der Waals surface area (Å²) in [7, 11) is 0. The molecule has 0 saturated heterocycles. The second-order valence-corrected chi connectivity index (χ2v) is 11.7. The number of aliphatic hydroxyl groups excluding tert-OH is 1. The molecular formula is C40H36N4O6. The van der Waals surface area contributed by atoms with E-state index in [1.807, 2.05) is 123 Å². The first-order valence-electron chi connectivity index (χ1n) is 16.3. The Morgan fingerprint density at radius 1 is 0.600 bits per heavy atom. The summed E-state index contributed by atoms with van der Waals surface area (Å²) in [5.41, 5.74) is 5.93. The Labute approximate surface area is 289 Å². The van der Waals surface area contributed by atoms with Crippen LogP contribution >= 0.6 is 0 Å². The van der Waals surface area contributed by atoms with Crippen molar-refractivity contribution < 1.29 is 28.2 Å². The highest BCUT2D eigenvalue weighted by Crippen LogP contribution is 2.25. The molecule has 3 aromatic heterocycles. The number of ether oxygens (including phenoxy) is 3. The average Bonchev–Trinajstić information content (AvgIpc) is 3.86. The minimum atomic E-state index is -0.185. The van der Waals surface area contributed by atoms with Gasteiger partial charge in [0.2, 0.25) is 17.7 Å². The van der Waals surface area contributed by atoms with Gasteiger partial charge in [-0.05, 0) is 73.5 Å². The maximum Gasteiger partial charge on any atom is 0.238 e. The molecule has 50 heavy (non-hydrogen) atoms. The lowest BCUT2D eigenvalue weighted by Crippen LogP contribution is -2.02. The lowest BCUT2D eigenvalue weighted by Gasteiger charge is -2.08. The molecule has 0 amide bonds. The van der Waals surface area contributed by atoms with E-state index in [1.54, 1.807) is 10.9 Å². The first-order valence-corrected chi connectivity index (χ1v) is 16.3. The highest BCUT2D eigenvalue weighted by atomic mass is 16.5. The van der Waals surface area contributed by atoms with Crippen LogP contribution in [0.5, 0.6) is 17.4 Å². The normalized spacial score (nSPS) is 11.1. The zero-order valence-corrected chi connectivity index (χ0v) is 27.8. The predicted octanol–water partition coefficient (Wildman–Crippen LogP) is 8.09. The number of nitrogens with zero attached hydrogens (tertiary/aromatic N) is 4. The number of hydrogen-bond acceptors (Lipinski definition) is 9. The quantitative estimate of drug-likeness (QED) is 0.123. The molecule has 1 N–H and O–H groups in total. The average molecular weight is 669 g/mol. The van der Waals surface area contributed by atoms with Crippen LogP contribution in [0.3, 0.4) is 0 Å². The Kier molecular flexibility index (Phi) is 9.70. The van der Waals surface area contributed by atoms with Gasteiger partial charge in [-0.1, -0.05) is 60.7 Å². The third-order valence-corrected chi connectivity index (χ3v) is 8.11. The van der Waals surface area contributed by atoms with E-state index in [4.69, 9.17) is 23.0 Å². The summed E-state index contributed by atoms with van der Waals surface area (Å²) in [5.74, 6) is 4.44. The molecule has 0 aliphatic carbocycles. The van der Waals surface area contributed by atoms with Crippen molar-refractivity contribution in [3.63, 3.8) is 0 Å². The summed E-state index contributed by atoms with van der Waals surface area (Å²) in [5, 5.41) is 14.5. The van der Waals surface area contributed by atoms with E-state index in [0.29, 0.717) is 48.7 Å². The molecule has 0 atom stereocenters. The molecule has 0 spiro atoms. The summed E-state index contributed by atoms with van der Waals surface area (Å²) in [6.45, 7) is 4.98. The van der Waals surface area contributed by atoms with Gasteiger partial charge in [-0.3, -0.25) is 4.68 Å². The third kappa shape index (κ3) is 7.77. The van der Waals surface area contributed by atoms with Crippen molar-refractivity contribution in [3.05, 3.63) is 155 Å². The van der Waals surface area contributed by atoms with E-state index < -0.39 is 0 Å². The number of aromatic nitrogens is 4. The molecule has 0 aliphatic rings. The Hall–Kier alpha value is -6.13. The first-order chi connectivity index (χ1) is 24.5. The summed E-state index contributed by atoms with van der Waals surface area (Å²) >= 11 is 0. The molecule has 0 bridgehead atoms. The smallest absolute Gasteiger partial charge is 0.238 e. The maximum absolute atomic E-state index is 9.96. The van der Waals surface area contributed by atoms with Crippen molar-refractivity contribution >= 4 is 0 Å². The zero-order chi connectivity index (χ0) is 34.3. The lowest BCUT2D eigenvalue weighted by molar-refractivity contribution is 0.254. The van der Waals surface area contributed by atoms with Gasteiger partial charge < -0.3 is 28.2 Å². The van der Waals surface area contributed by atoms with E-state index >= 15 is 0 Å². The molecule has 0 aliphatic heterocycles. The number of aliphatic hydroxyl groups is 1. The first kappa shape index (κ1) is 32.4. The Bertz CT molecular complexity index is 2140. The van der Waals surface area contributed by atoms with Gasteiger partial charge in [-0.25, -0.2) is 9.97 Å². The summed E-state index contributed by atoms with van der Waals surface area (Å²) in [6.07, 6.45) is 1.80. The molecule has 7 aromatic rings. The molecule has 0 unspecified atom stereocenters. The van der Waals surface area contributed by atoms with Crippen molar-refractivity contribution in [1.82, 2.24) is 19.7 Å². The second-order valence-electron chi connectivity index (χ2n) is 11.7. The van der Waals surface area contributed by atoms with Crippen molar-refractivity contribution in [2.75, 3.05) is 0 Å². The van der Waals surface area contributed by atoms with Crippen molar-refractivity contribution in [2.24, 2.45) is 0 Å². The van der Waals surface area contributed by atoms with Crippen LogP contribution in [0.15, 0.2) is 124 Å². The third-order valence-electron chi connectivity index (χ3n) is 8.11. The standard InChI is InChI=1S/C40H36N4O6/c1-27-36(41-38(49-27)31-9-5-3-6-10-31)25-46-34-17-13-29(14-18-34)21-44-22-33(23-45)40(43-44)48-24-30-15-19-35(20-16-30)47-26-37-28(2)50-39(42-37)32-11-7-4-8-12-32/h3-20,22,45H,21,23-26H2,1-2H3. The van der Waals surface area contributed by atoms with E-state index in [-0.39, 0.29) is 13.2 Å².